The maximum absolute atomic E-state index is 11.7. The van der Waals surface area contributed by atoms with Crippen LogP contribution in [0.3, 0.4) is 0 Å². The minimum Gasteiger partial charge on any atom is -0.458 e. The van der Waals surface area contributed by atoms with Gasteiger partial charge in [0, 0.05) is 6.20 Å². The fraction of sp³-hybridized carbons (Fsp3) is 0.571. The summed E-state index contributed by atoms with van der Waals surface area (Å²) in [5.74, 6) is -0.573. The first-order valence-electron chi connectivity index (χ1n) is 6.53. The number of aromatic nitrogens is 2. The van der Waals surface area contributed by atoms with Crippen molar-refractivity contribution in [3.63, 3.8) is 0 Å². The molecule has 0 saturated heterocycles. The normalized spacial score (nSPS) is 11.7. The zero-order valence-electron chi connectivity index (χ0n) is 13.0. The lowest BCUT2D eigenvalue weighted by atomic mass is 10.1. The summed E-state index contributed by atoms with van der Waals surface area (Å²) in [7, 11) is 0. The molecule has 1 heterocycles. The third-order valence-electron chi connectivity index (χ3n) is 2.19. The van der Waals surface area contributed by atoms with Gasteiger partial charge in [-0.3, -0.25) is 0 Å². The van der Waals surface area contributed by atoms with Gasteiger partial charge in [0.1, 0.15) is 18.5 Å². The zero-order valence-corrected chi connectivity index (χ0v) is 13.0. The molecule has 1 N–H and O–H groups in total. The second kappa shape index (κ2) is 6.51. The molecule has 116 valence electrons. The molecule has 0 aliphatic carbocycles. The molecule has 0 atom stereocenters. The standard InChI is InChI=1S/C14H21N3O4/c1-13(2,3)21-12(19)17-14(4,5)8-20-11(18)10-6-7-15-9-16-10/h6-7,9H,8H2,1-5H3,(H,17,19). The lowest BCUT2D eigenvalue weighted by Crippen LogP contribution is -2.49. The molecule has 0 aliphatic heterocycles. The molecule has 1 amide bonds. The number of alkyl carbamates (subject to hydrolysis) is 1. The van der Waals surface area contributed by atoms with Crippen molar-refractivity contribution >= 4 is 12.1 Å². The van der Waals surface area contributed by atoms with E-state index in [2.05, 4.69) is 15.3 Å². The van der Waals surface area contributed by atoms with Crippen LogP contribution < -0.4 is 5.32 Å². The van der Waals surface area contributed by atoms with E-state index in [1.54, 1.807) is 34.6 Å². The van der Waals surface area contributed by atoms with E-state index in [-0.39, 0.29) is 12.3 Å². The van der Waals surface area contributed by atoms with Crippen LogP contribution in [0.25, 0.3) is 0 Å². The van der Waals surface area contributed by atoms with E-state index in [4.69, 9.17) is 9.47 Å². The molecule has 21 heavy (non-hydrogen) atoms. The summed E-state index contributed by atoms with van der Waals surface area (Å²) < 4.78 is 10.3. The van der Waals surface area contributed by atoms with Crippen LogP contribution in [0.15, 0.2) is 18.6 Å². The predicted molar refractivity (Wildman–Crippen MR) is 75.8 cm³/mol. The van der Waals surface area contributed by atoms with Crippen molar-refractivity contribution in [1.29, 1.82) is 0 Å². The first-order valence-corrected chi connectivity index (χ1v) is 6.53. The Balaban J connectivity index is 2.49. The van der Waals surface area contributed by atoms with Crippen molar-refractivity contribution in [2.45, 2.75) is 45.8 Å². The van der Waals surface area contributed by atoms with Crippen LogP contribution in [-0.4, -0.2) is 39.8 Å². The van der Waals surface area contributed by atoms with E-state index in [1.807, 2.05) is 0 Å². The average Bonchev–Trinajstić information content (AvgIpc) is 2.34. The maximum atomic E-state index is 11.7. The van der Waals surface area contributed by atoms with Crippen molar-refractivity contribution in [2.24, 2.45) is 0 Å². The first kappa shape index (κ1) is 16.9. The highest BCUT2D eigenvalue weighted by atomic mass is 16.6. The largest absolute Gasteiger partial charge is 0.458 e. The van der Waals surface area contributed by atoms with E-state index >= 15 is 0 Å². The summed E-state index contributed by atoms with van der Waals surface area (Å²) in [6.07, 6.45) is 2.15. The Morgan fingerprint density at radius 3 is 2.43 bits per heavy atom. The summed E-state index contributed by atoms with van der Waals surface area (Å²) in [6, 6.07) is 1.45. The zero-order chi connectivity index (χ0) is 16.1. The highest BCUT2D eigenvalue weighted by Gasteiger charge is 2.26. The van der Waals surface area contributed by atoms with E-state index in [9.17, 15) is 9.59 Å². The number of rotatable bonds is 4. The Morgan fingerprint density at radius 2 is 1.90 bits per heavy atom. The lowest BCUT2D eigenvalue weighted by molar-refractivity contribution is 0.0281. The SMILES string of the molecule is CC(C)(COC(=O)c1ccncn1)NC(=O)OC(C)(C)C. The molecule has 7 heteroatoms. The van der Waals surface area contributed by atoms with Gasteiger partial charge in [-0.1, -0.05) is 0 Å². The number of nitrogens with one attached hydrogen (secondary N) is 1. The Kier molecular flexibility index (Phi) is 5.23. The fourth-order valence-corrected chi connectivity index (χ4v) is 1.35. The Bertz CT molecular complexity index is 495. The minimum atomic E-state index is -0.759. The van der Waals surface area contributed by atoms with Gasteiger partial charge in [0.2, 0.25) is 0 Å². The van der Waals surface area contributed by atoms with Gasteiger partial charge in [-0.05, 0) is 40.7 Å². The smallest absolute Gasteiger partial charge is 0.408 e. The molecule has 0 spiro atoms. The van der Waals surface area contributed by atoms with Crippen molar-refractivity contribution in [2.75, 3.05) is 6.61 Å². The Hall–Kier alpha value is -2.18. The van der Waals surface area contributed by atoms with Crippen LogP contribution in [0.2, 0.25) is 0 Å². The van der Waals surface area contributed by atoms with Crippen LogP contribution in [0.1, 0.15) is 45.1 Å². The number of carbonyl (C=O) groups is 2. The van der Waals surface area contributed by atoms with Crippen molar-refractivity contribution in [3.05, 3.63) is 24.3 Å². The number of amides is 1. The topological polar surface area (TPSA) is 90.4 Å². The number of hydrogen-bond donors (Lipinski definition) is 1. The van der Waals surface area contributed by atoms with Crippen LogP contribution in [0.5, 0.6) is 0 Å². The van der Waals surface area contributed by atoms with Crippen molar-refractivity contribution < 1.29 is 19.1 Å². The Labute approximate surface area is 124 Å². The molecule has 0 aromatic carbocycles. The molecule has 0 aliphatic rings. The summed E-state index contributed by atoms with van der Waals surface area (Å²) in [6.45, 7) is 8.77. The quantitative estimate of drug-likeness (QED) is 0.854. The van der Waals surface area contributed by atoms with E-state index in [0.717, 1.165) is 0 Å². The van der Waals surface area contributed by atoms with Crippen molar-refractivity contribution in [1.82, 2.24) is 15.3 Å². The molecule has 0 radical (unpaired) electrons. The first-order chi connectivity index (χ1) is 9.59. The molecule has 0 bridgehead atoms. The molecule has 1 aromatic rings. The predicted octanol–water partition coefficient (Wildman–Crippen LogP) is 1.94. The summed E-state index contributed by atoms with van der Waals surface area (Å²) >= 11 is 0. The van der Waals surface area contributed by atoms with Crippen molar-refractivity contribution in [3.8, 4) is 0 Å². The molecule has 0 unspecified atom stereocenters. The van der Waals surface area contributed by atoms with Gasteiger partial charge in [-0.2, -0.15) is 0 Å². The number of nitrogens with zero attached hydrogens (tertiary/aromatic N) is 2. The average molecular weight is 295 g/mol. The third kappa shape index (κ3) is 6.69. The molecule has 0 saturated carbocycles. The summed E-state index contributed by atoms with van der Waals surface area (Å²) in [5.41, 5.74) is -1.18. The van der Waals surface area contributed by atoms with Crippen LogP contribution in [0, 0.1) is 0 Å². The molecule has 1 rings (SSSR count). The number of esters is 1. The van der Waals surface area contributed by atoms with E-state index in [0.29, 0.717) is 0 Å². The Morgan fingerprint density at radius 1 is 1.24 bits per heavy atom. The second-order valence-electron chi connectivity index (χ2n) is 6.18. The summed E-state index contributed by atoms with van der Waals surface area (Å²) in [5, 5.41) is 2.65. The number of hydrogen-bond acceptors (Lipinski definition) is 6. The van der Waals surface area contributed by atoms with Gasteiger partial charge in [-0.25, -0.2) is 19.6 Å². The van der Waals surface area contributed by atoms with Gasteiger partial charge >= 0.3 is 12.1 Å². The highest BCUT2D eigenvalue weighted by molar-refractivity contribution is 5.87. The van der Waals surface area contributed by atoms with Gasteiger partial charge in [0.05, 0.1) is 5.54 Å². The van der Waals surface area contributed by atoms with Crippen LogP contribution >= 0.6 is 0 Å². The number of carbonyl (C=O) groups excluding carboxylic acids is 2. The molecule has 0 fully saturated rings. The van der Waals surface area contributed by atoms with E-state index in [1.165, 1.54) is 18.6 Å². The van der Waals surface area contributed by atoms with E-state index < -0.39 is 23.2 Å². The molecular formula is C14H21N3O4. The summed E-state index contributed by atoms with van der Waals surface area (Å²) in [4.78, 5) is 31.0. The van der Waals surface area contributed by atoms with Gasteiger partial charge in [0.25, 0.3) is 0 Å². The highest BCUT2D eigenvalue weighted by Crippen LogP contribution is 2.10. The van der Waals surface area contributed by atoms with Crippen LogP contribution in [0.4, 0.5) is 4.79 Å². The van der Waals surface area contributed by atoms with Gasteiger partial charge in [0.15, 0.2) is 5.69 Å². The minimum absolute atomic E-state index is 0.00488. The number of ether oxygens (including phenoxy) is 2. The van der Waals surface area contributed by atoms with Gasteiger partial charge in [-0.15, -0.1) is 0 Å². The molecular weight excluding hydrogens is 274 g/mol. The lowest BCUT2D eigenvalue weighted by Gasteiger charge is -2.28. The van der Waals surface area contributed by atoms with Gasteiger partial charge < -0.3 is 14.8 Å². The third-order valence-corrected chi connectivity index (χ3v) is 2.19. The van der Waals surface area contributed by atoms with Crippen LogP contribution in [-0.2, 0) is 9.47 Å². The molecule has 7 nitrogen and oxygen atoms in total. The second-order valence-corrected chi connectivity index (χ2v) is 6.18. The monoisotopic (exact) mass is 295 g/mol. The fourth-order valence-electron chi connectivity index (χ4n) is 1.35. The molecule has 1 aromatic heterocycles. The maximum Gasteiger partial charge on any atom is 0.408 e.